The Morgan fingerprint density at radius 1 is 1.05 bits per heavy atom. The van der Waals surface area contributed by atoms with Gasteiger partial charge in [-0.05, 0) is 43.2 Å². The molecule has 0 aromatic heterocycles. The lowest BCUT2D eigenvalue weighted by Crippen LogP contribution is -2.12. The van der Waals surface area contributed by atoms with E-state index >= 15 is 0 Å². The molecule has 0 radical (unpaired) electrons. The van der Waals surface area contributed by atoms with Crippen molar-refractivity contribution >= 4 is 11.8 Å². The van der Waals surface area contributed by atoms with E-state index < -0.39 is 0 Å². The topological polar surface area (TPSA) is 35.2 Å². The zero-order valence-corrected chi connectivity index (χ0v) is 13.5. The predicted octanol–water partition coefficient (Wildman–Crippen LogP) is 4.58. The number of rotatable bonds is 7. The number of hydrogen-bond acceptors (Lipinski definition) is 3. The summed E-state index contributed by atoms with van der Waals surface area (Å²) < 4.78 is 5.58. The average Bonchev–Trinajstić information content (AvgIpc) is 2.52. The molecule has 0 saturated heterocycles. The number of benzene rings is 2. The first-order valence-corrected chi connectivity index (χ1v) is 8.35. The smallest absolute Gasteiger partial charge is 0.119 e. The van der Waals surface area contributed by atoms with Crippen molar-refractivity contribution < 1.29 is 4.74 Å². The Kier molecular flexibility index (Phi) is 6.15. The lowest BCUT2D eigenvalue weighted by molar-refractivity contribution is 0.317. The Balaban J connectivity index is 1.87. The fourth-order valence-electron chi connectivity index (χ4n) is 1.95. The van der Waals surface area contributed by atoms with Crippen molar-refractivity contribution in [1.82, 2.24) is 0 Å². The van der Waals surface area contributed by atoms with E-state index in [9.17, 15) is 0 Å². The molecule has 2 N–H and O–H groups in total. The van der Waals surface area contributed by atoms with Crippen molar-refractivity contribution in [3.05, 3.63) is 59.7 Å². The average molecular weight is 301 g/mol. The lowest BCUT2D eigenvalue weighted by Gasteiger charge is -2.13. The summed E-state index contributed by atoms with van der Waals surface area (Å²) in [5.41, 5.74) is 8.70. The maximum atomic E-state index is 6.26. The van der Waals surface area contributed by atoms with Gasteiger partial charge in [0, 0.05) is 16.7 Å². The van der Waals surface area contributed by atoms with E-state index in [2.05, 4.69) is 50.2 Å². The highest BCUT2D eigenvalue weighted by Gasteiger charge is 2.07. The van der Waals surface area contributed by atoms with Gasteiger partial charge in [0.15, 0.2) is 0 Å². The Morgan fingerprint density at radius 3 is 2.33 bits per heavy atom. The van der Waals surface area contributed by atoms with Crippen LogP contribution >= 0.6 is 11.8 Å². The van der Waals surface area contributed by atoms with Crippen LogP contribution in [0.5, 0.6) is 5.75 Å². The van der Waals surface area contributed by atoms with Crippen LogP contribution in [-0.4, -0.2) is 12.4 Å². The second-order valence-corrected chi connectivity index (χ2v) is 6.24. The number of thioether (sulfide) groups is 1. The number of hydrogen-bond donors (Lipinski definition) is 1. The Morgan fingerprint density at radius 2 is 1.71 bits per heavy atom. The first-order valence-electron chi connectivity index (χ1n) is 7.37. The first kappa shape index (κ1) is 15.9. The van der Waals surface area contributed by atoms with E-state index in [1.807, 2.05) is 12.1 Å². The molecule has 1 atom stereocenters. The third-order valence-electron chi connectivity index (χ3n) is 3.23. The van der Waals surface area contributed by atoms with Crippen LogP contribution in [0.15, 0.2) is 53.4 Å². The molecular weight excluding hydrogens is 278 g/mol. The summed E-state index contributed by atoms with van der Waals surface area (Å²) in [6.45, 7) is 4.96. The Bertz CT molecular complexity index is 536. The van der Waals surface area contributed by atoms with Gasteiger partial charge in [0.05, 0.1) is 6.61 Å². The monoisotopic (exact) mass is 301 g/mol. The molecule has 2 aromatic rings. The second-order valence-electron chi connectivity index (χ2n) is 5.15. The van der Waals surface area contributed by atoms with Gasteiger partial charge in [-0.1, -0.05) is 36.8 Å². The minimum absolute atomic E-state index is 0.0385. The summed E-state index contributed by atoms with van der Waals surface area (Å²) in [5, 5.41) is 0. The quantitative estimate of drug-likeness (QED) is 0.760. The normalized spacial score (nSPS) is 12.1. The number of ether oxygens (including phenoxy) is 1. The molecule has 0 aliphatic heterocycles. The van der Waals surface area contributed by atoms with Crippen LogP contribution in [0, 0.1) is 6.92 Å². The second kappa shape index (κ2) is 8.11. The van der Waals surface area contributed by atoms with Crippen molar-refractivity contribution in [2.75, 3.05) is 12.4 Å². The van der Waals surface area contributed by atoms with Gasteiger partial charge in [-0.15, -0.1) is 11.8 Å². The van der Waals surface area contributed by atoms with E-state index in [-0.39, 0.29) is 6.04 Å². The maximum absolute atomic E-state index is 6.26. The summed E-state index contributed by atoms with van der Waals surface area (Å²) in [7, 11) is 0. The molecule has 0 amide bonds. The molecule has 0 fully saturated rings. The zero-order chi connectivity index (χ0) is 15.1. The molecule has 1 unspecified atom stereocenters. The molecule has 2 nitrogen and oxygen atoms in total. The minimum Gasteiger partial charge on any atom is -0.494 e. The van der Waals surface area contributed by atoms with Crippen LogP contribution in [-0.2, 0) is 0 Å². The molecule has 2 rings (SSSR count). The zero-order valence-electron chi connectivity index (χ0n) is 12.7. The third-order valence-corrected chi connectivity index (χ3v) is 4.36. The van der Waals surface area contributed by atoms with E-state index in [0.29, 0.717) is 0 Å². The summed E-state index contributed by atoms with van der Waals surface area (Å²) in [5.74, 6) is 1.79. The molecule has 0 saturated carbocycles. The molecule has 2 aromatic carbocycles. The Hall–Kier alpha value is -1.45. The molecule has 0 aliphatic carbocycles. The molecule has 0 heterocycles. The molecule has 0 bridgehead atoms. The fraction of sp³-hybridized carbons (Fsp3) is 0.333. The van der Waals surface area contributed by atoms with Gasteiger partial charge in [0.25, 0.3) is 0 Å². The Labute approximate surface area is 131 Å². The standard InChI is InChI=1S/C18H23NOS/c1-3-12-20-16-8-6-15(7-9-16)18(19)13-21-17-10-4-14(2)5-11-17/h4-11,18H,3,12-13,19H2,1-2H3. The van der Waals surface area contributed by atoms with Crippen LogP contribution in [0.25, 0.3) is 0 Å². The molecule has 3 heteroatoms. The highest BCUT2D eigenvalue weighted by Crippen LogP contribution is 2.24. The first-order chi connectivity index (χ1) is 10.2. The predicted molar refractivity (Wildman–Crippen MR) is 91.1 cm³/mol. The molecular formula is C18H23NOS. The van der Waals surface area contributed by atoms with Crippen LogP contribution in [0.1, 0.15) is 30.5 Å². The fourth-order valence-corrected chi connectivity index (χ4v) is 2.84. The van der Waals surface area contributed by atoms with Crippen molar-refractivity contribution in [2.45, 2.75) is 31.2 Å². The van der Waals surface area contributed by atoms with Gasteiger partial charge in [0.1, 0.15) is 5.75 Å². The summed E-state index contributed by atoms with van der Waals surface area (Å²) >= 11 is 1.79. The van der Waals surface area contributed by atoms with E-state index in [0.717, 1.165) is 30.1 Å². The highest BCUT2D eigenvalue weighted by molar-refractivity contribution is 7.99. The van der Waals surface area contributed by atoms with Gasteiger partial charge in [-0.3, -0.25) is 0 Å². The van der Waals surface area contributed by atoms with Crippen molar-refractivity contribution in [2.24, 2.45) is 5.73 Å². The summed E-state index contributed by atoms with van der Waals surface area (Å²) in [4.78, 5) is 1.26. The van der Waals surface area contributed by atoms with Crippen LogP contribution in [0.3, 0.4) is 0 Å². The molecule has 21 heavy (non-hydrogen) atoms. The minimum atomic E-state index is 0.0385. The van der Waals surface area contributed by atoms with Crippen molar-refractivity contribution in [1.29, 1.82) is 0 Å². The molecule has 0 spiro atoms. The van der Waals surface area contributed by atoms with Crippen LogP contribution < -0.4 is 10.5 Å². The summed E-state index contributed by atoms with van der Waals surface area (Å²) in [6, 6.07) is 16.7. The van der Waals surface area contributed by atoms with Gasteiger partial charge >= 0.3 is 0 Å². The number of nitrogens with two attached hydrogens (primary N) is 1. The largest absolute Gasteiger partial charge is 0.494 e. The van der Waals surface area contributed by atoms with Gasteiger partial charge in [-0.2, -0.15) is 0 Å². The summed E-state index contributed by atoms with van der Waals surface area (Å²) in [6.07, 6.45) is 1.02. The van der Waals surface area contributed by atoms with Crippen LogP contribution in [0.4, 0.5) is 0 Å². The van der Waals surface area contributed by atoms with E-state index in [4.69, 9.17) is 10.5 Å². The van der Waals surface area contributed by atoms with Crippen molar-refractivity contribution in [3.8, 4) is 5.75 Å². The van der Waals surface area contributed by atoms with Gasteiger partial charge in [0.2, 0.25) is 0 Å². The van der Waals surface area contributed by atoms with Crippen molar-refractivity contribution in [3.63, 3.8) is 0 Å². The van der Waals surface area contributed by atoms with Gasteiger partial charge in [-0.25, -0.2) is 0 Å². The van der Waals surface area contributed by atoms with Crippen LogP contribution in [0.2, 0.25) is 0 Å². The third kappa shape index (κ3) is 5.10. The molecule has 112 valence electrons. The number of aryl methyl sites for hydroxylation is 1. The highest BCUT2D eigenvalue weighted by atomic mass is 32.2. The molecule has 0 aliphatic rings. The lowest BCUT2D eigenvalue weighted by atomic mass is 10.1. The SMILES string of the molecule is CCCOc1ccc(C(N)CSc2ccc(C)cc2)cc1. The van der Waals surface area contributed by atoms with E-state index in [1.54, 1.807) is 11.8 Å². The maximum Gasteiger partial charge on any atom is 0.119 e. The van der Waals surface area contributed by atoms with E-state index in [1.165, 1.54) is 10.5 Å². The van der Waals surface area contributed by atoms with Gasteiger partial charge < -0.3 is 10.5 Å².